The van der Waals surface area contributed by atoms with E-state index in [9.17, 15) is 0 Å². The molecule has 10 aromatic rings. The van der Waals surface area contributed by atoms with E-state index in [1.807, 2.05) is 18.2 Å². The van der Waals surface area contributed by atoms with Gasteiger partial charge in [0.2, 0.25) is 0 Å². The third-order valence-electron chi connectivity index (χ3n) is 10.5. The average Bonchev–Trinajstić information content (AvgIpc) is 3.70. The summed E-state index contributed by atoms with van der Waals surface area (Å²) >= 11 is 0. The number of hydrogen-bond donors (Lipinski definition) is 0. The third kappa shape index (κ3) is 5.81. The van der Waals surface area contributed by atoms with Crippen LogP contribution in [-0.2, 0) is 0 Å². The standard InChI is InChI=1S/C52H35NO/c1-2-11-36(12-3-1)38-25-29-45(30-26-38)53(50-34-42-13-4-6-17-47(42)48-18-7-8-19-49(48)50)46-31-27-39(28-32-46)37-21-23-40(24-22-37)41-15-10-16-43(33-41)52-35-44-14-5-9-20-51(44)54-52/h1-35H. The summed E-state index contributed by atoms with van der Waals surface area (Å²) in [5.74, 6) is 0.882. The van der Waals surface area contributed by atoms with E-state index in [0.29, 0.717) is 0 Å². The minimum Gasteiger partial charge on any atom is -0.456 e. The van der Waals surface area contributed by atoms with Crippen molar-refractivity contribution in [3.05, 3.63) is 212 Å². The van der Waals surface area contributed by atoms with Crippen molar-refractivity contribution >= 4 is 49.6 Å². The first kappa shape index (κ1) is 31.6. The van der Waals surface area contributed by atoms with Crippen LogP contribution in [0.15, 0.2) is 217 Å². The van der Waals surface area contributed by atoms with Crippen molar-refractivity contribution in [1.82, 2.24) is 0 Å². The van der Waals surface area contributed by atoms with Crippen LogP contribution in [0.3, 0.4) is 0 Å². The molecular formula is C52H35NO. The van der Waals surface area contributed by atoms with E-state index in [-0.39, 0.29) is 0 Å². The molecule has 0 fully saturated rings. The van der Waals surface area contributed by atoms with E-state index in [1.54, 1.807) is 0 Å². The molecule has 0 N–H and O–H groups in total. The van der Waals surface area contributed by atoms with Crippen molar-refractivity contribution in [1.29, 1.82) is 0 Å². The van der Waals surface area contributed by atoms with Gasteiger partial charge in [-0.3, -0.25) is 0 Å². The number of para-hydroxylation sites is 1. The maximum Gasteiger partial charge on any atom is 0.135 e. The summed E-state index contributed by atoms with van der Waals surface area (Å²) in [6.45, 7) is 0. The first-order chi connectivity index (χ1) is 26.7. The van der Waals surface area contributed by atoms with Crippen LogP contribution >= 0.6 is 0 Å². The topological polar surface area (TPSA) is 16.4 Å². The third-order valence-corrected chi connectivity index (χ3v) is 10.5. The maximum absolute atomic E-state index is 6.16. The fraction of sp³-hybridized carbons (Fsp3) is 0. The summed E-state index contributed by atoms with van der Waals surface area (Å²) < 4.78 is 6.16. The lowest BCUT2D eigenvalue weighted by molar-refractivity contribution is 0.631. The van der Waals surface area contributed by atoms with Gasteiger partial charge in [0.15, 0.2) is 0 Å². The first-order valence-electron chi connectivity index (χ1n) is 18.4. The van der Waals surface area contributed by atoms with Crippen LogP contribution < -0.4 is 4.90 Å². The Hall–Kier alpha value is -7.16. The van der Waals surface area contributed by atoms with E-state index in [1.165, 1.54) is 49.4 Å². The molecule has 0 aliphatic rings. The molecule has 1 heterocycles. The Balaban J connectivity index is 1.00. The van der Waals surface area contributed by atoms with Gasteiger partial charge in [0.1, 0.15) is 11.3 Å². The summed E-state index contributed by atoms with van der Waals surface area (Å²) in [5.41, 5.74) is 12.4. The molecular weight excluding hydrogens is 655 g/mol. The molecule has 0 saturated carbocycles. The zero-order valence-corrected chi connectivity index (χ0v) is 29.6. The second-order valence-electron chi connectivity index (χ2n) is 13.8. The smallest absolute Gasteiger partial charge is 0.135 e. The summed E-state index contributed by atoms with van der Waals surface area (Å²) in [4.78, 5) is 2.39. The van der Waals surface area contributed by atoms with Gasteiger partial charge in [-0.2, -0.15) is 0 Å². The van der Waals surface area contributed by atoms with Gasteiger partial charge in [-0.1, -0.05) is 164 Å². The largest absolute Gasteiger partial charge is 0.456 e. The average molecular weight is 690 g/mol. The highest BCUT2D eigenvalue weighted by molar-refractivity contribution is 6.14. The minimum absolute atomic E-state index is 0.882. The monoisotopic (exact) mass is 689 g/mol. The molecule has 0 radical (unpaired) electrons. The summed E-state index contributed by atoms with van der Waals surface area (Å²) in [6, 6.07) is 75.9. The molecule has 0 unspecified atom stereocenters. The predicted octanol–water partition coefficient (Wildman–Crippen LogP) is 14.9. The summed E-state index contributed by atoms with van der Waals surface area (Å²) in [5, 5.41) is 6.06. The van der Waals surface area contributed by atoms with Gasteiger partial charge in [0, 0.05) is 27.7 Å². The summed E-state index contributed by atoms with van der Waals surface area (Å²) in [6.07, 6.45) is 0. The molecule has 10 rings (SSSR count). The van der Waals surface area contributed by atoms with Gasteiger partial charge in [0.05, 0.1) is 5.69 Å². The number of benzene rings is 9. The van der Waals surface area contributed by atoms with E-state index in [4.69, 9.17) is 4.42 Å². The zero-order valence-electron chi connectivity index (χ0n) is 29.6. The Morgan fingerprint density at radius 2 is 0.778 bits per heavy atom. The molecule has 0 aliphatic carbocycles. The molecule has 254 valence electrons. The number of anilines is 3. The number of hydrogen-bond acceptors (Lipinski definition) is 2. The van der Waals surface area contributed by atoms with Gasteiger partial charge in [0.25, 0.3) is 0 Å². The Morgan fingerprint density at radius 3 is 1.44 bits per heavy atom. The molecule has 0 aliphatic heterocycles. The van der Waals surface area contributed by atoms with Crippen molar-refractivity contribution in [2.75, 3.05) is 4.90 Å². The van der Waals surface area contributed by atoms with Gasteiger partial charge in [-0.25, -0.2) is 0 Å². The highest BCUT2D eigenvalue weighted by atomic mass is 16.3. The lowest BCUT2D eigenvalue weighted by atomic mass is 9.97. The Labute approximate surface area is 314 Å². The molecule has 1 aromatic heterocycles. The first-order valence-corrected chi connectivity index (χ1v) is 18.4. The lowest BCUT2D eigenvalue weighted by Crippen LogP contribution is -2.10. The van der Waals surface area contributed by atoms with Crippen molar-refractivity contribution < 1.29 is 4.42 Å². The van der Waals surface area contributed by atoms with Gasteiger partial charge in [-0.15, -0.1) is 0 Å². The van der Waals surface area contributed by atoms with Crippen LogP contribution in [0.5, 0.6) is 0 Å². The van der Waals surface area contributed by atoms with E-state index in [2.05, 4.69) is 199 Å². The Bertz CT molecular complexity index is 2870. The van der Waals surface area contributed by atoms with Crippen molar-refractivity contribution in [3.8, 4) is 44.7 Å². The highest BCUT2D eigenvalue weighted by Gasteiger charge is 2.18. The normalized spacial score (nSPS) is 11.3. The number of furan rings is 1. The fourth-order valence-corrected chi connectivity index (χ4v) is 7.71. The highest BCUT2D eigenvalue weighted by Crippen LogP contribution is 2.43. The van der Waals surface area contributed by atoms with Crippen molar-refractivity contribution in [2.24, 2.45) is 0 Å². The second kappa shape index (κ2) is 13.4. The molecule has 2 nitrogen and oxygen atoms in total. The minimum atomic E-state index is 0.882. The molecule has 54 heavy (non-hydrogen) atoms. The molecule has 0 spiro atoms. The zero-order chi connectivity index (χ0) is 35.8. The molecule has 0 saturated heterocycles. The van der Waals surface area contributed by atoms with Crippen LogP contribution in [0, 0.1) is 0 Å². The van der Waals surface area contributed by atoms with E-state index < -0.39 is 0 Å². The molecule has 9 aromatic carbocycles. The summed E-state index contributed by atoms with van der Waals surface area (Å²) in [7, 11) is 0. The van der Waals surface area contributed by atoms with Crippen molar-refractivity contribution in [2.45, 2.75) is 0 Å². The molecule has 0 bridgehead atoms. The molecule has 0 amide bonds. The van der Waals surface area contributed by atoms with Crippen LogP contribution in [0.4, 0.5) is 17.1 Å². The van der Waals surface area contributed by atoms with E-state index >= 15 is 0 Å². The SMILES string of the molecule is c1ccc(-c2ccc(N(c3ccc(-c4ccc(-c5cccc(-c6cc7ccccc7o6)c5)cc4)cc3)c3cc4ccccc4c4ccccc34)cc2)cc1. The van der Waals surface area contributed by atoms with Crippen LogP contribution in [-0.4, -0.2) is 0 Å². The Kier molecular flexibility index (Phi) is 7.85. The van der Waals surface area contributed by atoms with Crippen LogP contribution in [0.2, 0.25) is 0 Å². The van der Waals surface area contributed by atoms with E-state index in [0.717, 1.165) is 44.9 Å². The molecule has 0 atom stereocenters. The second-order valence-corrected chi connectivity index (χ2v) is 13.8. The van der Waals surface area contributed by atoms with Crippen LogP contribution in [0.25, 0.3) is 77.2 Å². The number of fused-ring (bicyclic) bond motifs is 4. The number of rotatable bonds is 7. The fourth-order valence-electron chi connectivity index (χ4n) is 7.71. The van der Waals surface area contributed by atoms with Gasteiger partial charge < -0.3 is 9.32 Å². The maximum atomic E-state index is 6.16. The molecule has 2 heteroatoms. The van der Waals surface area contributed by atoms with Crippen molar-refractivity contribution in [3.63, 3.8) is 0 Å². The predicted molar refractivity (Wildman–Crippen MR) is 228 cm³/mol. The quantitative estimate of drug-likeness (QED) is 0.155. The Morgan fingerprint density at radius 1 is 0.296 bits per heavy atom. The van der Waals surface area contributed by atoms with Crippen LogP contribution in [0.1, 0.15) is 0 Å². The lowest BCUT2D eigenvalue weighted by Gasteiger charge is -2.28. The number of nitrogens with zero attached hydrogens (tertiary/aromatic N) is 1. The van der Waals surface area contributed by atoms with Gasteiger partial charge >= 0.3 is 0 Å². The van der Waals surface area contributed by atoms with Gasteiger partial charge in [-0.05, 0) is 98.1 Å².